The summed E-state index contributed by atoms with van der Waals surface area (Å²) in [7, 11) is 0. The molecule has 19 heavy (non-hydrogen) atoms. The molecule has 7 nitrogen and oxygen atoms in total. The zero-order valence-electron chi connectivity index (χ0n) is 11.7. The topological polar surface area (TPSA) is 97.1 Å². The third-order valence-corrected chi connectivity index (χ3v) is 2.90. The van der Waals surface area contributed by atoms with Crippen molar-refractivity contribution in [2.24, 2.45) is 5.92 Å². The predicted molar refractivity (Wildman–Crippen MR) is 68.9 cm³/mol. The molecular formula is C12H20N4O3. The summed E-state index contributed by atoms with van der Waals surface area (Å²) in [6.45, 7) is 8.01. The number of aromatic carboxylic acids is 1. The molecule has 1 rings (SSSR count). The van der Waals surface area contributed by atoms with Crippen molar-refractivity contribution in [1.82, 2.24) is 20.3 Å². The Morgan fingerprint density at radius 1 is 1.37 bits per heavy atom. The Balaban J connectivity index is 2.69. The molecule has 0 fully saturated rings. The van der Waals surface area contributed by atoms with E-state index in [2.05, 4.69) is 29.5 Å². The third kappa shape index (κ3) is 3.77. The Labute approximate surface area is 112 Å². The van der Waals surface area contributed by atoms with Crippen LogP contribution in [0.3, 0.4) is 0 Å². The normalized spacial score (nSPS) is 12.5. The molecule has 0 aliphatic heterocycles. The number of nitrogens with zero attached hydrogens (tertiary/aromatic N) is 3. The van der Waals surface area contributed by atoms with Gasteiger partial charge in [-0.05, 0) is 26.2 Å². The van der Waals surface area contributed by atoms with E-state index < -0.39 is 12.0 Å². The van der Waals surface area contributed by atoms with Gasteiger partial charge in [0.25, 0.3) is 0 Å². The number of carbonyl (C=O) groups is 2. The predicted octanol–water partition coefficient (Wildman–Crippen LogP) is 1.01. The van der Waals surface area contributed by atoms with Crippen LogP contribution in [0.25, 0.3) is 0 Å². The van der Waals surface area contributed by atoms with Crippen molar-refractivity contribution in [1.29, 1.82) is 0 Å². The van der Waals surface area contributed by atoms with Crippen LogP contribution >= 0.6 is 0 Å². The fraction of sp³-hybridized carbons (Fsp3) is 0.667. The highest BCUT2D eigenvalue weighted by Gasteiger charge is 2.22. The highest BCUT2D eigenvalue weighted by atomic mass is 16.4. The minimum Gasteiger partial charge on any atom is -0.476 e. The molecule has 1 unspecified atom stereocenters. The standard InChI is InChI=1S/C12H20N4O3/c1-7(2)5-6-13-11(17)9(4)16-8(3)10(12(18)19)14-15-16/h7,9H,5-6H2,1-4H3,(H,13,17)(H,18,19). The van der Waals surface area contributed by atoms with Gasteiger partial charge in [-0.15, -0.1) is 5.10 Å². The van der Waals surface area contributed by atoms with E-state index in [1.165, 1.54) is 4.68 Å². The Morgan fingerprint density at radius 3 is 2.47 bits per heavy atom. The van der Waals surface area contributed by atoms with Gasteiger partial charge in [0.05, 0.1) is 5.69 Å². The number of carboxylic acid groups (broad SMARTS) is 1. The Hall–Kier alpha value is -1.92. The maximum atomic E-state index is 11.9. The first-order chi connectivity index (χ1) is 8.84. The van der Waals surface area contributed by atoms with Gasteiger partial charge in [-0.3, -0.25) is 4.79 Å². The lowest BCUT2D eigenvalue weighted by molar-refractivity contribution is -0.124. The fourth-order valence-corrected chi connectivity index (χ4v) is 1.65. The second kappa shape index (κ2) is 6.31. The lowest BCUT2D eigenvalue weighted by Gasteiger charge is -2.14. The molecule has 1 atom stereocenters. The van der Waals surface area contributed by atoms with Gasteiger partial charge in [0.15, 0.2) is 5.69 Å². The summed E-state index contributed by atoms with van der Waals surface area (Å²) in [4.78, 5) is 22.8. The van der Waals surface area contributed by atoms with Crippen molar-refractivity contribution in [3.05, 3.63) is 11.4 Å². The molecule has 106 valence electrons. The Morgan fingerprint density at radius 2 is 2.00 bits per heavy atom. The molecule has 1 aromatic heterocycles. The Kier molecular flexibility index (Phi) is 5.02. The van der Waals surface area contributed by atoms with E-state index in [1.54, 1.807) is 13.8 Å². The van der Waals surface area contributed by atoms with E-state index >= 15 is 0 Å². The second-order valence-corrected chi connectivity index (χ2v) is 4.92. The van der Waals surface area contributed by atoms with Crippen LogP contribution in [0.5, 0.6) is 0 Å². The Bertz CT molecular complexity index is 468. The molecule has 1 aromatic rings. The van der Waals surface area contributed by atoms with Gasteiger partial charge < -0.3 is 10.4 Å². The summed E-state index contributed by atoms with van der Waals surface area (Å²) in [5.41, 5.74) is 0.251. The van der Waals surface area contributed by atoms with Crippen molar-refractivity contribution in [2.45, 2.75) is 40.2 Å². The van der Waals surface area contributed by atoms with E-state index in [0.717, 1.165) is 6.42 Å². The lowest BCUT2D eigenvalue weighted by Crippen LogP contribution is -2.33. The number of amides is 1. The van der Waals surface area contributed by atoms with Crippen LogP contribution in [0.1, 0.15) is 49.4 Å². The number of carbonyl (C=O) groups excluding carboxylic acids is 1. The quantitative estimate of drug-likeness (QED) is 0.802. The smallest absolute Gasteiger partial charge is 0.358 e. The van der Waals surface area contributed by atoms with Crippen LogP contribution in [-0.4, -0.2) is 38.5 Å². The van der Waals surface area contributed by atoms with E-state index in [1.807, 2.05) is 0 Å². The number of hydrogen-bond acceptors (Lipinski definition) is 4. The summed E-state index contributed by atoms with van der Waals surface area (Å²) < 4.78 is 1.33. The monoisotopic (exact) mass is 268 g/mol. The molecule has 0 aliphatic carbocycles. The minimum atomic E-state index is -1.14. The van der Waals surface area contributed by atoms with Crippen LogP contribution in [0, 0.1) is 12.8 Å². The van der Waals surface area contributed by atoms with Gasteiger partial charge in [-0.2, -0.15) is 0 Å². The number of hydrogen-bond donors (Lipinski definition) is 2. The van der Waals surface area contributed by atoms with Crippen LogP contribution in [0.2, 0.25) is 0 Å². The van der Waals surface area contributed by atoms with Crippen molar-refractivity contribution < 1.29 is 14.7 Å². The van der Waals surface area contributed by atoms with Crippen LogP contribution in [0.4, 0.5) is 0 Å². The number of nitrogens with one attached hydrogen (secondary N) is 1. The van der Waals surface area contributed by atoms with Gasteiger partial charge >= 0.3 is 5.97 Å². The molecule has 0 saturated heterocycles. The van der Waals surface area contributed by atoms with E-state index in [9.17, 15) is 9.59 Å². The average molecular weight is 268 g/mol. The average Bonchev–Trinajstić information content (AvgIpc) is 2.69. The van der Waals surface area contributed by atoms with Gasteiger partial charge in [0.1, 0.15) is 6.04 Å². The molecule has 0 saturated carbocycles. The highest BCUT2D eigenvalue weighted by molar-refractivity contribution is 5.86. The van der Waals surface area contributed by atoms with Crippen LogP contribution < -0.4 is 5.32 Å². The van der Waals surface area contributed by atoms with Crippen molar-refractivity contribution in [2.75, 3.05) is 6.54 Å². The van der Waals surface area contributed by atoms with E-state index in [-0.39, 0.29) is 11.6 Å². The molecule has 7 heteroatoms. The fourth-order valence-electron chi connectivity index (χ4n) is 1.65. The van der Waals surface area contributed by atoms with Gasteiger partial charge in [-0.1, -0.05) is 19.1 Å². The number of rotatable bonds is 6. The van der Waals surface area contributed by atoms with Crippen LogP contribution in [-0.2, 0) is 4.79 Å². The first kappa shape index (κ1) is 15.1. The van der Waals surface area contributed by atoms with Crippen molar-refractivity contribution >= 4 is 11.9 Å². The highest BCUT2D eigenvalue weighted by Crippen LogP contribution is 2.11. The first-order valence-corrected chi connectivity index (χ1v) is 6.27. The first-order valence-electron chi connectivity index (χ1n) is 6.27. The summed E-state index contributed by atoms with van der Waals surface area (Å²) in [6, 6.07) is -0.576. The van der Waals surface area contributed by atoms with Gasteiger partial charge in [0, 0.05) is 6.54 Å². The maximum Gasteiger partial charge on any atom is 0.358 e. The molecule has 0 spiro atoms. The van der Waals surface area contributed by atoms with Gasteiger partial charge in [-0.25, -0.2) is 9.48 Å². The molecule has 1 amide bonds. The van der Waals surface area contributed by atoms with Crippen molar-refractivity contribution in [3.63, 3.8) is 0 Å². The molecule has 0 aliphatic rings. The van der Waals surface area contributed by atoms with Gasteiger partial charge in [0.2, 0.25) is 5.91 Å². The minimum absolute atomic E-state index is 0.123. The summed E-state index contributed by atoms with van der Waals surface area (Å²) in [5.74, 6) is -0.816. The SMILES string of the molecule is Cc1c(C(=O)O)nnn1C(C)C(=O)NCCC(C)C. The molecular weight excluding hydrogens is 248 g/mol. The molecule has 1 heterocycles. The molecule has 0 bridgehead atoms. The number of aromatic nitrogens is 3. The lowest BCUT2D eigenvalue weighted by atomic mass is 10.1. The van der Waals surface area contributed by atoms with Crippen LogP contribution in [0.15, 0.2) is 0 Å². The third-order valence-electron chi connectivity index (χ3n) is 2.90. The van der Waals surface area contributed by atoms with E-state index in [4.69, 9.17) is 5.11 Å². The maximum absolute atomic E-state index is 11.9. The second-order valence-electron chi connectivity index (χ2n) is 4.92. The summed E-state index contributed by atoms with van der Waals surface area (Å²) in [6.07, 6.45) is 0.898. The molecule has 0 radical (unpaired) electrons. The summed E-state index contributed by atoms with van der Waals surface area (Å²) in [5, 5.41) is 19.0. The summed E-state index contributed by atoms with van der Waals surface area (Å²) >= 11 is 0. The zero-order chi connectivity index (χ0) is 14.6. The molecule has 0 aromatic carbocycles. The van der Waals surface area contributed by atoms with Crippen molar-refractivity contribution in [3.8, 4) is 0 Å². The zero-order valence-corrected chi connectivity index (χ0v) is 11.7. The van der Waals surface area contributed by atoms with E-state index in [0.29, 0.717) is 18.2 Å². The molecule has 2 N–H and O–H groups in total. The largest absolute Gasteiger partial charge is 0.476 e. The number of carboxylic acids is 1.